The van der Waals surface area contributed by atoms with E-state index in [-0.39, 0.29) is 16.9 Å². The molecule has 0 aliphatic carbocycles. The first-order valence-corrected chi connectivity index (χ1v) is 8.99. The van der Waals surface area contributed by atoms with E-state index in [4.69, 9.17) is 0 Å². The quantitative estimate of drug-likeness (QED) is 0.382. The number of nitrogens with zero attached hydrogens (tertiary/aromatic N) is 3. The molecule has 148 valence electrons. The number of nitro benzene ring substituents is 1. The standard InChI is InChI=1S/C22H15FN4O3/c23-19-12-11-17(27(29)30)13-20(19)24-22(28)18-14-26(16-9-5-2-6-10-16)25-21(18)15-7-3-1-4-8-15/h1-14H,(H,24,28). The summed E-state index contributed by atoms with van der Waals surface area (Å²) in [6.07, 6.45) is 1.54. The van der Waals surface area contributed by atoms with Gasteiger partial charge in [0, 0.05) is 23.9 Å². The molecule has 0 fully saturated rings. The SMILES string of the molecule is O=C(Nc1cc([N+](=O)[O-])ccc1F)c1cn(-c2ccccc2)nc1-c1ccccc1. The third kappa shape index (κ3) is 3.79. The van der Waals surface area contributed by atoms with Gasteiger partial charge in [-0.25, -0.2) is 9.07 Å². The lowest BCUT2D eigenvalue weighted by atomic mass is 10.1. The van der Waals surface area contributed by atoms with Crippen LogP contribution in [0, 0.1) is 15.9 Å². The molecule has 8 heteroatoms. The highest BCUT2D eigenvalue weighted by molar-refractivity contribution is 6.08. The van der Waals surface area contributed by atoms with Crippen LogP contribution in [0.2, 0.25) is 0 Å². The molecule has 0 bridgehead atoms. The normalized spacial score (nSPS) is 10.6. The van der Waals surface area contributed by atoms with Crippen molar-refractivity contribution in [1.82, 2.24) is 9.78 Å². The van der Waals surface area contributed by atoms with Crippen molar-refractivity contribution in [2.24, 2.45) is 0 Å². The Bertz CT molecular complexity index is 1220. The molecule has 4 aromatic rings. The van der Waals surface area contributed by atoms with Gasteiger partial charge in [-0.1, -0.05) is 48.5 Å². The summed E-state index contributed by atoms with van der Waals surface area (Å²) in [4.78, 5) is 23.3. The van der Waals surface area contributed by atoms with Crippen LogP contribution >= 0.6 is 0 Å². The van der Waals surface area contributed by atoms with Gasteiger partial charge >= 0.3 is 0 Å². The number of hydrogen-bond donors (Lipinski definition) is 1. The number of carbonyl (C=O) groups excluding carboxylic acids is 1. The summed E-state index contributed by atoms with van der Waals surface area (Å²) in [5.74, 6) is -1.40. The maximum atomic E-state index is 14.1. The molecule has 0 aliphatic heterocycles. The highest BCUT2D eigenvalue weighted by Gasteiger charge is 2.21. The highest BCUT2D eigenvalue weighted by Crippen LogP contribution is 2.26. The van der Waals surface area contributed by atoms with Crippen molar-refractivity contribution in [3.8, 4) is 16.9 Å². The van der Waals surface area contributed by atoms with Crippen molar-refractivity contribution in [2.75, 3.05) is 5.32 Å². The molecular weight excluding hydrogens is 387 g/mol. The van der Waals surface area contributed by atoms with E-state index in [0.717, 1.165) is 23.9 Å². The van der Waals surface area contributed by atoms with Crippen LogP contribution in [-0.2, 0) is 0 Å². The predicted octanol–water partition coefficient (Wildman–Crippen LogP) is 4.84. The van der Waals surface area contributed by atoms with Crippen LogP contribution in [-0.4, -0.2) is 20.6 Å². The fourth-order valence-corrected chi connectivity index (χ4v) is 2.97. The number of nitrogens with one attached hydrogen (secondary N) is 1. The fourth-order valence-electron chi connectivity index (χ4n) is 2.97. The Morgan fingerprint density at radius 2 is 1.67 bits per heavy atom. The lowest BCUT2D eigenvalue weighted by Gasteiger charge is -2.06. The molecule has 0 atom stereocenters. The molecule has 0 spiro atoms. The third-order valence-electron chi connectivity index (χ3n) is 4.44. The summed E-state index contributed by atoms with van der Waals surface area (Å²) in [7, 11) is 0. The summed E-state index contributed by atoms with van der Waals surface area (Å²) in [6.45, 7) is 0. The van der Waals surface area contributed by atoms with E-state index in [2.05, 4.69) is 10.4 Å². The number of benzene rings is 3. The number of aromatic nitrogens is 2. The number of amides is 1. The van der Waals surface area contributed by atoms with E-state index in [0.29, 0.717) is 11.3 Å². The summed E-state index contributed by atoms with van der Waals surface area (Å²) in [5.41, 5.74) is 1.46. The molecular formula is C22H15FN4O3. The summed E-state index contributed by atoms with van der Waals surface area (Å²) >= 11 is 0. The topological polar surface area (TPSA) is 90.1 Å². The van der Waals surface area contributed by atoms with Crippen LogP contribution in [0.3, 0.4) is 0 Å². The molecule has 1 amide bonds. The Morgan fingerprint density at radius 1 is 1.00 bits per heavy atom. The first-order valence-electron chi connectivity index (χ1n) is 8.99. The van der Waals surface area contributed by atoms with Crippen molar-refractivity contribution in [3.63, 3.8) is 0 Å². The molecule has 1 N–H and O–H groups in total. The van der Waals surface area contributed by atoms with E-state index >= 15 is 0 Å². The highest BCUT2D eigenvalue weighted by atomic mass is 19.1. The van der Waals surface area contributed by atoms with Crippen molar-refractivity contribution >= 4 is 17.3 Å². The van der Waals surface area contributed by atoms with Crippen molar-refractivity contribution in [2.45, 2.75) is 0 Å². The molecule has 0 aliphatic rings. The molecule has 1 aromatic heterocycles. The maximum Gasteiger partial charge on any atom is 0.271 e. The second-order valence-electron chi connectivity index (χ2n) is 6.41. The minimum atomic E-state index is -0.773. The first-order chi connectivity index (χ1) is 14.5. The largest absolute Gasteiger partial charge is 0.319 e. The van der Waals surface area contributed by atoms with Gasteiger partial charge in [0.25, 0.3) is 11.6 Å². The summed E-state index contributed by atoms with van der Waals surface area (Å²) < 4.78 is 15.7. The molecule has 7 nitrogen and oxygen atoms in total. The molecule has 0 unspecified atom stereocenters. The fraction of sp³-hybridized carbons (Fsp3) is 0. The molecule has 0 saturated carbocycles. The Kier molecular flexibility index (Phi) is 5.04. The zero-order valence-corrected chi connectivity index (χ0v) is 15.5. The zero-order chi connectivity index (χ0) is 21.1. The molecule has 4 rings (SSSR count). The minimum absolute atomic E-state index is 0.205. The number of anilines is 1. The van der Waals surface area contributed by atoms with Crippen LogP contribution in [0.1, 0.15) is 10.4 Å². The predicted molar refractivity (Wildman–Crippen MR) is 110 cm³/mol. The lowest BCUT2D eigenvalue weighted by Crippen LogP contribution is -2.13. The lowest BCUT2D eigenvalue weighted by molar-refractivity contribution is -0.384. The van der Waals surface area contributed by atoms with Gasteiger partial charge < -0.3 is 5.32 Å². The van der Waals surface area contributed by atoms with Crippen LogP contribution < -0.4 is 5.32 Å². The van der Waals surface area contributed by atoms with Gasteiger partial charge in [-0.3, -0.25) is 14.9 Å². The van der Waals surface area contributed by atoms with Gasteiger partial charge in [-0.05, 0) is 18.2 Å². The second-order valence-corrected chi connectivity index (χ2v) is 6.41. The van der Waals surface area contributed by atoms with E-state index < -0.39 is 16.6 Å². The molecule has 0 saturated heterocycles. The number of para-hydroxylation sites is 1. The van der Waals surface area contributed by atoms with Gasteiger partial charge in [-0.15, -0.1) is 0 Å². The average Bonchev–Trinajstić information content (AvgIpc) is 3.22. The number of nitro groups is 1. The molecule has 1 heterocycles. The van der Waals surface area contributed by atoms with E-state index in [1.807, 2.05) is 60.7 Å². The maximum absolute atomic E-state index is 14.1. The summed E-state index contributed by atoms with van der Waals surface area (Å²) in [5, 5.41) is 17.9. The minimum Gasteiger partial charge on any atom is -0.319 e. The van der Waals surface area contributed by atoms with Crippen molar-refractivity contribution in [1.29, 1.82) is 0 Å². The van der Waals surface area contributed by atoms with Gasteiger partial charge in [0.1, 0.15) is 11.5 Å². The smallest absolute Gasteiger partial charge is 0.271 e. The second kappa shape index (κ2) is 7.96. The molecule has 30 heavy (non-hydrogen) atoms. The summed E-state index contributed by atoms with van der Waals surface area (Å²) in [6, 6.07) is 21.3. The van der Waals surface area contributed by atoms with Gasteiger partial charge in [-0.2, -0.15) is 5.10 Å². The van der Waals surface area contributed by atoms with E-state index in [1.54, 1.807) is 10.9 Å². The molecule has 0 radical (unpaired) electrons. The number of halogens is 1. The van der Waals surface area contributed by atoms with Crippen molar-refractivity contribution < 1.29 is 14.1 Å². The number of hydrogen-bond acceptors (Lipinski definition) is 4. The van der Waals surface area contributed by atoms with E-state index in [9.17, 15) is 19.3 Å². The third-order valence-corrected chi connectivity index (χ3v) is 4.44. The Balaban J connectivity index is 1.76. The van der Waals surface area contributed by atoms with Crippen LogP contribution in [0.4, 0.5) is 15.8 Å². The van der Waals surface area contributed by atoms with Gasteiger partial charge in [0.2, 0.25) is 0 Å². The number of rotatable bonds is 5. The van der Waals surface area contributed by atoms with Gasteiger partial charge in [0.05, 0.1) is 21.9 Å². The monoisotopic (exact) mass is 402 g/mol. The Morgan fingerprint density at radius 3 is 2.33 bits per heavy atom. The first kappa shape index (κ1) is 19.0. The molecule has 3 aromatic carbocycles. The van der Waals surface area contributed by atoms with Crippen LogP contribution in [0.5, 0.6) is 0 Å². The van der Waals surface area contributed by atoms with Crippen LogP contribution in [0.25, 0.3) is 16.9 Å². The van der Waals surface area contributed by atoms with Gasteiger partial charge in [0.15, 0.2) is 0 Å². The zero-order valence-electron chi connectivity index (χ0n) is 15.5. The van der Waals surface area contributed by atoms with Crippen molar-refractivity contribution in [3.05, 3.63) is 107 Å². The Hall–Kier alpha value is -4.33. The van der Waals surface area contributed by atoms with Crippen LogP contribution in [0.15, 0.2) is 85.1 Å². The number of non-ortho nitro benzene ring substituents is 1. The Labute approximate surface area is 170 Å². The average molecular weight is 402 g/mol. The number of carbonyl (C=O) groups is 1. The van der Waals surface area contributed by atoms with E-state index in [1.165, 1.54) is 0 Å².